The molecular formula is C33H50O8. The van der Waals surface area contributed by atoms with Crippen molar-refractivity contribution in [1.29, 1.82) is 0 Å². The van der Waals surface area contributed by atoms with Gasteiger partial charge in [0, 0.05) is 35.5 Å². The number of ether oxygens (including phenoxy) is 1. The van der Waals surface area contributed by atoms with E-state index in [4.69, 9.17) is 4.74 Å². The van der Waals surface area contributed by atoms with Gasteiger partial charge in [0.25, 0.3) is 0 Å². The molecule has 0 heterocycles. The maximum Gasteiger partial charge on any atom is 0.303 e. The van der Waals surface area contributed by atoms with Gasteiger partial charge in [-0.05, 0) is 68.9 Å². The Hall–Kier alpha value is -1.87. The first kappa shape index (κ1) is 32.1. The highest BCUT2D eigenvalue weighted by Crippen LogP contribution is 2.76. The van der Waals surface area contributed by atoms with E-state index in [1.807, 2.05) is 34.6 Å². The highest BCUT2D eigenvalue weighted by molar-refractivity contribution is 5.97. The second-order valence-corrected chi connectivity index (χ2v) is 15.6. The van der Waals surface area contributed by atoms with Gasteiger partial charge in [-0.2, -0.15) is 0 Å². The number of ketones is 2. The second-order valence-electron chi connectivity index (χ2n) is 15.6. The quantitative estimate of drug-likeness (QED) is 0.221. The first-order chi connectivity index (χ1) is 18.4. The summed E-state index contributed by atoms with van der Waals surface area (Å²) in [7, 11) is 0. The zero-order chi connectivity index (χ0) is 31.4. The molecule has 0 aliphatic heterocycles. The summed E-state index contributed by atoms with van der Waals surface area (Å²) in [5.74, 6) is -2.28. The Kier molecular flexibility index (Phi) is 7.28. The van der Waals surface area contributed by atoms with Crippen molar-refractivity contribution < 1.29 is 39.5 Å². The highest BCUT2D eigenvalue weighted by atomic mass is 16.6. The number of aliphatic hydroxyl groups is 4. The molecule has 0 aromatic carbocycles. The van der Waals surface area contributed by atoms with Gasteiger partial charge in [0.05, 0.1) is 18.3 Å². The number of hydrogen-bond donors (Lipinski definition) is 4. The number of carbonyl (C=O) groups excluding carboxylic acids is 3. The van der Waals surface area contributed by atoms with Gasteiger partial charge in [0.2, 0.25) is 0 Å². The lowest BCUT2D eigenvalue weighted by atomic mass is 9.34. The molecule has 0 spiro atoms. The van der Waals surface area contributed by atoms with Crippen molar-refractivity contribution in [2.75, 3.05) is 0 Å². The normalized spacial score (nSPS) is 45.3. The van der Waals surface area contributed by atoms with Crippen LogP contribution in [-0.4, -0.2) is 67.5 Å². The molecule has 4 aliphatic rings. The zero-order valence-electron chi connectivity index (χ0n) is 26.4. The third kappa shape index (κ3) is 4.18. The van der Waals surface area contributed by atoms with Crippen molar-refractivity contribution in [3.63, 3.8) is 0 Å². The summed E-state index contributed by atoms with van der Waals surface area (Å²) in [5.41, 5.74) is -5.93. The van der Waals surface area contributed by atoms with E-state index in [0.29, 0.717) is 12.8 Å². The van der Waals surface area contributed by atoms with Crippen LogP contribution in [0.15, 0.2) is 23.8 Å². The van der Waals surface area contributed by atoms with Crippen LogP contribution in [0.1, 0.15) is 94.9 Å². The molecule has 0 saturated heterocycles. The minimum absolute atomic E-state index is 0.0103. The fourth-order valence-electron chi connectivity index (χ4n) is 10.2. The number of allylic oxidation sites excluding steroid dienone is 1. The van der Waals surface area contributed by atoms with Gasteiger partial charge in [-0.1, -0.05) is 53.2 Å². The number of Topliss-reactive ketones (excluding diaryl/α,β-unsaturated/α-hetero) is 1. The number of fused-ring (bicyclic) bond motifs is 5. The fourth-order valence-corrected chi connectivity index (χ4v) is 10.2. The third-order valence-corrected chi connectivity index (χ3v) is 12.4. The van der Waals surface area contributed by atoms with Crippen LogP contribution in [0.5, 0.6) is 0 Å². The molecule has 4 rings (SSSR count). The fraction of sp³-hybridized carbons (Fsp3) is 0.788. The molecule has 0 amide bonds. The molecule has 41 heavy (non-hydrogen) atoms. The average molecular weight is 575 g/mol. The van der Waals surface area contributed by atoms with Gasteiger partial charge in [0.1, 0.15) is 17.0 Å². The van der Waals surface area contributed by atoms with Crippen LogP contribution in [0, 0.1) is 38.9 Å². The molecule has 230 valence electrons. The molecule has 8 nitrogen and oxygen atoms in total. The molecular weight excluding hydrogens is 524 g/mol. The largest absolute Gasteiger partial charge is 0.456 e. The molecule has 0 aromatic heterocycles. The molecule has 8 heteroatoms. The summed E-state index contributed by atoms with van der Waals surface area (Å²) in [5, 5.41) is 45.3. The minimum Gasteiger partial charge on any atom is -0.456 e. The smallest absolute Gasteiger partial charge is 0.303 e. The van der Waals surface area contributed by atoms with Gasteiger partial charge in [-0.15, -0.1) is 0 Å². The lowest BCUT2D eigenvalue weighted by Crippen LogP contribution is -2.69. The van der Waals surface area contributed by atoms with Crippen molar-refractivity contribution in [1.82, 2.24) is 0 Å². The van der Waals surface area contributed by atoms with E-state index in [2.05, 4.69) is 13.0 Å². The van der Waals surface area contributed by atoms with E-state index in [0.717, 1.165) is 5.57 Å². The molecule has 10 atom stereocenters. The van der Waals surface area contributed by atoms with Crippen LogP contribution in [0.2, 0.25) is 0 Å². The van der Waals surface area contributed by atoms with Gasteiger partial charge >= 0.3 is 5.97 Å². The monoisotopic (exact) mass is 574 g/mol. The number of aliphatic hydroxyl groups excluding tert-OH is 3. The van der Waals surface area contributed by atoms with E-state index in [1.165, 1.54) is 26.0 Å². The zero-order valence-corrected chi connectivity index (χ0v) is 26.4. The van der Waals surface area contributed by atoms with Gasteiger partial charge in [0.15, 0.2) is 5.78 Å². The van der Waals surface area contributed by atoms with E-state index >= 15 is 0 Å². The SMILES string of the molecule is CC(=O)OC(C)(C)/C=C/C(=O)[C@](C)(O)[C@H]1[C@H](O)C[C@@]2(C)[C@@H]3CC=C4C(C)(C)[C@H](O)[C@H](O)C[C@@]4(C)[C@]3(C)C(=O)C[C@]12C. The molecule has 0 bridgehead atoms. The molecule has 0 radical (unpaired) electrons. The van der Waals surface area contributed by atoms with Crippen LogP contribution in [-0.2, 0) is 19.1 Å². The maximum absolute atomic E-state index is 14.5. The van der Waals surface area contributed by atoms with Crippen LogP contribution in [0.4, 0.5) is 0 Å². The van der Waals surface area contributed by atoms with Crippen LogP contribution >= 0.6 is 0 Å². The van der Waals surface area contributed by atoms with E-state index in [9.17, 15) is 34.8 Å². The predicted octanol–water partition coefficient (Wildman–Crippen LogP) is 3.68. The molecule has 0 unspecified atom stereocenters. The Morgan fingerprint density at radius 1 is 0.976 bits per heavy atom. The summed E-state index contributed by atoms with van der Waals surface area (Å²) in [6, 6.07) is 0. The Morgan fingerprint density at radius 2 is 1.56 bits per heavy atom. The topological polar surface area (TPSA) is 141 Å². The van der Waals surface area contributed by atoms with E-state index in [-0.39, 0.29) is 24.5 Å². The standard InChI is InChI=1S/C33H50O8/c1-18(34)41-27(2,3)14-13-23(37)33(10,40)25-19(35)15-29(6)22-12-11-21-28(4,5)26(39)20(36)16-30(21,7)32(22,9)24(38)17-31(25,29)8/h11,13-14,19-20,22,25-26,35-36,39-40H,12,15-17H2,1-10H3/b14-13+/t19-,20-,22+,25+,26-,29+,30-,31-,32+,33+/m1/s1. The van der Waals surface area contributed by atoms with Crippen LogP contribution in [0.3, 0.4) is 0 Å². The van der Waals surface area contributed by atoms with Crippen molar-refractivity contribution >= 4 is 17.5 Å². The summed E-state index contributed by atoms with van der Waals surface area (Å²) < 4.78 is 5.24. The van der Waals surface area contributed by atoms with Gasteiger partial charge in [-0.25, -0.2) is 0 Å². The number of rotatable bonds is 5. The molecule has 4 N–H and O–H groups in total. The Balaban J connectivity index is 1.78. The summed E-state index contributed by atoms with van der Waals surface area (Å²) >= 11 is 0. The van der Waals surface area contributed by atoms with Gasteiger partial charge in [-0.3, -0.25) is 14.4 Å². The highest BCUT2D eigenvalue weighted by Gasteiger charge is 2.76. The molecule has 3 saturated carbocycles. The number of esters is 1. The second kappa shape index (κ2) is 9.31. The van der Waals surface area contributed by atoms with Crippen molar-refractivity contribution in [2.45, 2.75) is 124 Å². The Labute approximate surface area is 244 Å². The minimum atomic E-state index is -1.99. The lowest BCUT2D eigenvalue weighted by molar-refractivity contribution is -0.200. The first-order valence-electron chi connectivity index (χ1n) is 14.9. The Bertz CT molecular complexity index is 1210. The average Bonchev–Trinajstić information content (AvgIpc) is 3.01. The summed E-state index contributed by atoms with van der Waals surface area (Å²) in [4.78, 5) is 39.5. The third-order valence-electron chi connectivity index (χ3n) is 12.4. The summed E-state index contributed by atoms with van der Waals surface area (Å²) in [6.07, 6.45) is 2.97. The van der Waals surface area contributed by atoms with Crippen LogP contribution in [0.25, 0.3) is 0 Å². The van der Waals surface area contributed by atoms with Crippen LogP contribution < -0.4 is 0 Å². The first-order valence-corrected chi connectivity index (χ1v) is 14.9. The molecule has 3 fully saturated rings. The Morgan fingerprint density at radius 3 is 2.12 bits per heavy atom. The lowest BCUT2D eigenvalue weighted by Gasteiger charge is -2.68. The predicted molar refractivity (Wildman–Crippen MR) is 153 cm³/mol. The molecule has 4 aliphatic carbocycles. The van der Waals surface area contributed by atoms with Crippen molar-refractivity contribution in [3.05, 3.63) is 23.8 Å². The molecule has 0 aromatic rings. The van der Waals surface area contributed by atoms with Gasteiger partial charge < -0.3 is 25.2 Å². The number of hydrogen-bond acceptors (Lipinski definition) is 8. The summed E-state index contributed by atoms with van der Waals surface area (Å²) in [6.45, 7) is 17.8. The van der Waals surface area contributed by atoms with Crippen molar-refractivity contribution in [3.8, 4) is 0 Å². The van der Waals surface area contributed by atoms with E-state index in [1.54, 1.807) is 13.8 Å². The maximum atomic E-state index is 14.5. The van der Waals surface area contributed by atoms with E-state index < -0.39 is 74.3 Å². The number of carbonyl (C=O) groups is 3. The van der Waals surface area contributed by atoms with Crippen molar-refractivity contribution in [2.24, 2.45) is 38.9 Å².